The Morgan fingerprint density at radius 1 is 0.914 bits per heavy atom. The van der Waals surface area contributed by atoms with Crippen molar-refractivity contribution in [1.82, 2.24) is 10.2 Å². The van der Waals surface area contributed by atoms with Gasteiger partial charge in [-0.1, -0.05) is 91.2 Å². The first-order valence-electron chi connectivity index (χ1n) is 12.1. The van der Waals surface area contributed by atoms with Crippen molar-refractivity contribution >= 4 is 23.4 Å². The standard InChI is InChI=1S/C29H30ClFN2O2/c30-25-16-9-17-26(31)24(25)19-28(34)33(20-22-12-5-2-6-13-22)27(18-21-10-3-1-4-11-21)29(35)32-23-14-7-8-15-23/h1-6,9-13,16-17,23,27H,7-8,14-15,18-20H2,(H,32,35). The Bertz CT molecular complexity index is 1110. The zero-order valence-electron chi connectivity index (χ0n) is 19.6. The fourth-order valence-corrected chi connectivity index (χ4v) is 4.89. The summed E-state index contributed by atoms with van der Waals surface area (Å²) in [6.07, 6.45) is 4.21. The van der Waals surface area contributed by atoms with Gasteiger partial charge < -0.3 is 10.2 Å². The predicted molar refractivity (Wildman–Crippen MR) is 136 cm³/mol. The minimum Gasteiger partial charge on any atom is -0.352 e. The Labute approximate surface area is 211 Å². The van der Waals surface area contributed by atoms with E-state index >= 15 is 0 Å². The van der Waals surface area contributed by atoms with Crippen LogP contribution in [0.2, 0.25) is 5.02 Å². The van der Waals surface area contributed by atoms with Crippen LogP contribution in [0.4, 0.5) is 4.39 Å². The molecule has 1 N–H and O–H groups in total. The van der Waals surface area contributed by atoms with Crippen LogP contribution < -0.4 is 5.32 Å². The van der Waals surface area contributed by atoms with Gasteiger partial charge in [0, 0.05) is 29.6 Å². The molecule has 4 rings (SSSR count). The highest BCUT2D eigenvalue weighted by Crippen LogP contribution is 2.23. The van der Waals surface area contributed by atoms with Crippen LogP contribution in [-0.4, -0.2) is 28.8 Å². The number of benzene rings is 3. The maximum atomic E-state index is 14.5. The van der Waals surface area contributed by atoms with Crippen LogP contribution in [0.5, 0.6) is 0 Å². The van der Waals surface area contributed by atoms with Crippen LogP contribution in [0, 0.1) is 5.82 Å². The van der Waals surface area contributed by atoms with E-state index in [1.807, 2.05) is 60.7 Å². The highest BCUT2D eigenvalue weighted by Gasteiger charge is 2.32. The van der Waals surface area contributed by atoms with Crippen LogP contribution in [0.1, 0.15) is 42.4 Å². The minimum absolute atomic E-state index is 0.121. The molecule has 1 aliphatic rings. The topological polar surface area (TPSA) is 49.4 Å². The summed E-state index contributed by atoms with van der Waals surface area (Å²) >= 11 is 6.23. The second-order valence-corrected chi connectivity index (χ2v) is 9.49. The molecule has 3 aromatic rings. The number of carbonyl (C=O) groups excluding carboxylic acids is 2. The predicted octanol–water partition coefficient (Wildman–Crippen LogP) is 5.72. The maximum absolute atomic E-state index is 14.5. The lowest BCUT2D eigenvalue weighted by Crippen LogP contribution is -2.52. The molecular weight excluding hydrogens is 463 g/mol. The largest absolute Gasteiger partial charge is 0.352 e. The Balaban J connectivity index is 1.67. The number of nitrogens with zero attached hydrogens (tertiary/aromatic N) is 1. The van der Waals surface area contributed by atoms with Gasteiger partial charge >= 0.3 is 0 Å². The third-order valence-electron chi connectivity index (χ3n) is 6.56. The quantitative estimate of drug-likeness (QED) is 0.415. The van der Waals surface area contributed by atoms with Crippen molar-refractivity contribution in [3.05, 3.63) is 106 Å². The zero-order valence-corrected chi connectivity index (χ0v) is 20.4. The summed E-state index contributed by atoms with van der Waals surface area (Å²) < 4.78 is 14.5. The first-order chi connectivity index (χ1) is 17.0. The second-order valence-electron chi connectivity index (χ2n) is 9.08. The smallest absolute Gasteiger partial charge is 0.243 e. The van der Waals surface area contributed by atoms with Crippen LogP contribution in [0.3, 0.4) is 0 Å². The fraction of sp³-hybridized carbons (Fsp3) is 0.310. The van der Waals surface area contributed by atoms with Crippen LogP contribution in [0.25, 0.3) is 0 Å². The lowest BCUT2D eigenvalue weighted by atomic mass is 10.0. The van der Waals surface area contributed by atoms with Gasteiger partial charge in [0.15, 0.2) is 0 Å². The van der Waals surface area contributed by atoms with E-state index in [1.54, 1.807) is 11.0 Å². The van der Waals surface area contributed by atoms with E-state index in [1.165, 1.54) is 12.1 Å². The molecule has 2 amide bonds. The van der Waals surface area contributed by atoms with Gasteiger partial charge in [-0.05, 0) is 36.1 Å². The molecule has 4 nitrogen and oxygen atoms in total. The molecule has 1 unspecified atom stereocenters. The molecule has 0 bridgehead atoms. The van der Waals surface area contributed by atoms with Crippen molar-refractivity contribution < 1.29 is 14.0 Å². The molecule has 1 aliphatic carbocycles. The molecular formula is C29H30ClFN2O2. The van der Waals surface area contributed by atoms with Gasteiger partial charge in [0.2, 0.25) is 11.8 Å². The first-order valence-corrected chi connectivity index (χ1v) is 12.5. The average molecular weight is 493 g/mol. The Hall–Kier alpha value is -3.18. The van der Waals surface area contributed by atoms with Crippen molar-refractivity contribution in [1.29, 1.82) is 0 Å². The molecule has 6 heteroatoms. The van der Waals surface area contributed by atoms with E-state index in [-0.39, 0.29) is 41.4 Å². The molecule has 1 fully saturated rings. The molecule has 35 heavy (non-hydrogen) atoms. The molecule has 182 valence electrons. The lowest BCUT2D eigenvalue weighted by Gasteiger charge is -2.32. The molecule has 0 aromatic heterocycles. The molecule has 1 saturated carbocycles. The van der Waals surface area contributed by atoms with E-state index in [4.69, 9.17) is 11.6 Å². The Morgan fingerprint density at radius 2 is 1.54 bits per heavy atom. The lowest BCUT2D eigenvalue weighted by molar-refractivity contribution is -0.141. The van der Waals surface area contributed by atoms with Gasteiger partial charge in [-0.2, -0.15) is 0 Å². The van der Waals surface area contributed by atoms with Crippen molar-refractivity contribution in [2.24, 2.45) is 0 Å². The van der Waals surface area contributed by atoms with Crippen molar-refractivity contribution in [3.63, 3.8) is 0 Å². The monoisotopic (exact) mass is 492 g/mol. The number of hydrogen-bond acceptors (Lipinski definition) is 2. The molecule has 0 saturated heterocycles. The van der Waals surface area contributed by atoms with E-state index in [9.17, 15) is 14.0 Å². The number of halogens is 2. The van der Waals surface area contributed by atoms with Crippen LogP contribution in [-0.2, 0) is 29.0 Å². The Kier molecular flexibility index (Phi) is 8.54. The summed E-state index contributed by atoms with van der Waals surface area (Å²) in [5.41, 5.74) is 1.99. The summed E-state index contributed by atoms with van der Waals surface area (Å²) in [5, 5.41) is 3.38. The van der Waals surface area contributed by atoms with Gasteiger partial charge in [0.1, 0.15) is 11.9 Å². The fourth-order valence-electron chi connectivity index (χ4n) is 4.66. The summed E-state index contributed by atoms with van der Waals surface area (Å²) in [7, 11) is 0. The summed E-state index contributed by atoms with van der Waals surface area (Å²) in [4.78, 5) is 28.9. The van der Waals surface area contributed by atoms with Gasteiger partial charge in [-0.25, -0.2) is 4.39 Å². The van der Waals surface area contributed by atoms with Gasteiger partial charge in [0.05, 0.1) is 6.42 Å². The molecule has 3 aromatic carbocycles. The third kappa shape index (κ3) is 6.70. The van der Waals surface area contributed by atoms with Crippen molar-refractivity contribution in [2.45, 2.75) is 57.2 Å². The summed E-state index contributed by atoms with van der Waals surface area (Å²) in [6.45, 7) is 0.237. The first kappa shape index (κ1) is 24.9. The number of amides is 2. The van der Waals surface area contributed by atoms with Gasteiger partial charge in [-0.15, -0.1) is 0 Å². The van der Waals surface area contributed by atoms with E-state index < -0.39 is 11.9 Å². The van der Waals surface area contributed by atoms with E-state index in [2.05, 4.69) is 5.32 Å². The van der Waals surface area contributed by atoms with Crippen molar-refractivity contribution in [2.75, 3.05) is 0 Å². The molecule has 0 heterocycles. The molecule has 0 spiro atoms. The van der Waals surface area contributed by atoms with Crippen molar-refractivity contribution in [3.8, 4) is 0 Å². The minimum atomic E-state index is -0.740. The van der Waals surface area contributed by atoms with Gasteiger partial charge in [-0.3, -0.25) is 9.59 Å². The van der Waals surface area contributed by atoms with Crippen LogP contribution in [0.15, 0.2) is 78.9 Å². The van der Waals surface area contributed by atoms with Gasteiger partial charge in [0.25, 0.3) is 0 Å². The molecule has 0 aliphatic heterocycles. The average Bonchev–Trinajstić information content (AvgIpc) is 3.38. The molecule has 0 radical (unpaired) electrons. The number of rotatable bonds is 9. The molecule has 1 atom stereocenters. The Morgan fingerprint density at radius 3 is 2.17 bits per heavy atom. The highest BCUT2D eigenvalue weighted by molar-refractivity contribution is 6.31. The summed E-state index contributed by atoms with van der Waals surface area (Å²) in [5.74, 6) is -1.05. The number of carbonyl (C=O) groups is 2. The normalized spacial score (nSPS) is 14.5. The summed E-state index contributed by atoms with van der Waals surface area (Å²) in [6, 6.07) is 23.0. The van der Waals surface area contributed by atoms with Crippen LogP contribution >= 0.6 is 11.6 Å². The zero-order chi connectivity index (χ0) is 24.6. The third-order valence-corrected chi connectivity index (χ3v) is 6.91. The number of nitrogens with one attached hydrogen (secondary N) is 1. The number of hydrogen-bond donors (Lipinski definition) is 1. The maximum Gasteiger partial charge on any atom is 0.243 e. The second kappa shape index (κ2) is 12.0. The van der Waals surface area contributed by atoms with E-state index in [0.717, 1.165) is 36.8 Å². The SMILES string of the molecule is O=C(NC1CCCC1)C(Cc1ccccc1)N(Cc1ccccc1)C(=O)Cc1c(F)cccc1Cl. The van der Waals surface area contributed by atoms with E-state index in [0.29, 0.717) is 6.42 Å². The highest BCUT2D eigenvalue weighted by atomic mass is 35.5.